The van der Waals surface area contributed by atoms with E-state index in [4.69, 9.17) is 0 Å². The monoisotopic (exact) mass is 275 g/mol. The third-order valence-electron chi connectivity index (χ3n) is 4.21. The molecule has 0 bridgehead atoms. The van der Waals surface area contributed by atoms with E-state index in [-0.39, 0.29) is 0 Å². The van der Waals surface area contributed by atoms with E-state index in [2.05, 4.69) is 53.6 Å². The van der Waals surface area contributed by atoms with Gasteiger partial charge >= 0.3 is 0 Å². The summed E-state index contributed by atoms with van der Waals surface area (Å²) in [5, 5.41) is 7.07. The molecule has 112 valence electrons. The van der Waals surface area contributed by atoms with Crippen molar-refractivity contribution >= 4 is 0 Å². The maximum Gasteiger partial charge on any atom is 0.0233 e. The second-order valence-electron chi connectivity index (χ2n) is 5.70. The van der Waals surface area contributed by atoms with Crippen LogP contribution in [-0.4, -0.2) is 37.1 Å². The van der Waals surface area contributed by atoms with Crippen LogP contribution in [0.5, 0.6) is 0 Å². The average molecular weight is 275 g/mol. The maximum atomic E-state index is 3.55. The molecule has 1 aromatic rings. The number of rotatable bonds is 8. The van der Waals surface area contributed by atoms with E-state index < -0.39 is 0 Å². The number of nitrogens with one attached hydrogen (secondary N) is 2. The summed E-state index contributed by atoms with van der Waals surface area (Å²) in [7, 11) is 0. The van der Waals surface area contributed by atoms with Gasteiger partial charge in [0.05, 0.1) is 0 Å². The first kappa shape index (κ1) is 15.5. The summed E-state index contributed by atoms with van der Waals surface area (Å²) in [5.74, 6) is 0. The van der Waals surface area contributed by atoms with Crippen LogP contribution in [0.2, 0.25) is 0 Å². The van der Waals surface area contributed by atoms with Crippen LogP contribution in [0.25, 0.3) is 0 Å². The lowest BCUT2D eigenvalue weighted by Crippen LogP contribution is -2.33. The molecule has 0 spiro atoms. The van der Waals surface area contributed by atoms with Crippen LogP contribution in [0.4, 0.5) is 0 Å². The molecule has 1 atom stereocenters. The highest BCUT2D eigenvalue weighted by Gasteiger charge is 2.12. The Labute approximate surface area is 123 Å². The first-order valence-corrected chi connectivity index (χ1v) is 8.06. The van der Waals surface area contributed by atoms with Crippen LogP contribution in [0, 0.1) is 0 Å². The van der Waals surface area contributed by atoms with Crippen molar-refractivity contribution in [3.05, 3.63) is 35.4 Å². The van der Waals surface area contributed by atoms with Crippen LogP contribution < -0.4 is 10.6 Å². The smallest absolute Gasteiger partial charge is 0.0233 e. The Bertz CT molecular complexity index is 364. The second-order valence-corrected chi connectivity index (χ2v) is 5.70. The molecule has 0 aromatic heterocycles. The number of nitrogens with zero attached hydrogens (tertiary/aromatic N) is 1. The molecule has 3 heteroatoms. The average Bonchev–Trinajstić information content (AvgIpc) is 2.99. The van der Waals surface area contributed by atoms with Crippen molar-refractivity contribution in [1.29, 1.82) is 0 Å². The van der Waals surface area contributed by atoms with Gasteiger partial charge in [-0.15, -0.1) is 0 Å². The molecule has 3 nitrogen and oxygen atoms in total. The van der Waals surface area contributed by atoms with E-state index in [0.29, 0.717) is 6.04 Å². The molecule has 0 radical (unpaired) electrons. The Hall–Kier alpha value is -0.900. The minimum Gasteiger partial charge on any atom is -0.313 e. The topological polar surface area (TPSA) is 27.3 Å². The molecular weight excluding hydrogens is 246 g/mol. The van der Waals surface area contributed by atoms with Crippen LogP contribution in [0.1, 0.15) is 37.8 Å². The van der Waals surface area contributed by atoms with Crippen LogP contribution in [-0.2, 0) is 13.1 Å². The lowest BCUT2D eigenvalue weighted by molar-refractivity contribution is 0.296. The molecule has 1 unspecified atom stereocenters. The summed E-state index contributed by atoms with van der Waals surface area (Å²) in [6, 6.07) is 9.73. The Morgan fingerprint density at radius 3 is 2.45 bits per heavy atom. The molecular formula is C17H29N3. The first-order chi connectivity index (χ1) is 9.81. The van der Waals surface area contributed by atoms with E-state index in [0.717, 1.165) is 32.7 Å². The summed E-state index contributed by atoms with van der Waals surface area (Å²) < 4.78 is 0. The van der Waals surface area contributed by atoms with Crippen LogP contribution in [0.15, 0.2) is 24.3 Å². The van der Waals surface area contributed by atoms with Crippen LogP contribution >= 0.6 is 0 Å². The predicted octanol–water partition coefficient (Wildman–Crippen LogP) is 2.37. The zero-order valence-corrected chi connectivity index (χ0v) is 13.0. The number of hydrogen-bond acceptors (Lipinski definition) is 3. The van der Waals surface area contributed by atoms with E-state index in [1.54, 1.807) is 0 Å². The minimum atomic E-state index is 0.678. The molecule has 2 N–H and O–H groups in total. The zero-order valence-electron chi connectivity index (χ0n) is 13.0. The third kappa shape index (κ3) is 4.89. The SMILES string of the molecule is CCN(CC)Cc1ccc(CNCC2CCCN2)cc1. The zero-order chi connectivity index (χ0) is 14.2. The molecule has 2 rings (SSSR count). The van der Waals surface area contributed by atoms with Crippen molar-refractivity contribution in [3.8, 4) is 0 Å². The van der Waals surface area contributed by atoms with Gasteiger partial charge in [-0.2, -0.15) is 0 Å². The summed E-state index contributed by atoms with van der Waals surface area (Å²) in [5.41, 5.74) is 2.79. The van der Waals surface area contributed by atoms with Gasteiger partial charge in [0.1, 0.15) is 0 Å². The normalized spacial score (nSPS) is 18.9. The van der Waals surface area contributed by atoms with Gasteiger partial charge in [-0.1, -0.05) is 38.1 Å². The summed E-state index contributed by atoms with van der Waals surface area (Å²) in [6.45, 7) is 11.0. The van der Waals surface area contributed by atoms with E-state index >= 15 is 0 Å². The van der Waals surface area contributed by atoms with E-state index in [1.165, 1.54) is 30.5 Å². The van der Waals surface area contributed by atoms with Gasteiger partial charge in [0, 0.05) is 25.7 Å². The fourth-order valence-electron chi connectivity index (χ4n) is 2.79. The standard InChI is InChI=1S/C17H29N3/c1-3-20(4-2)14-16-9-7-15(8-10-16)12-18-13-17-6-5-11-19-17/h7-10,17-19H,3-6,11-14H2,1-2H3. The minimum absolute atomic E-state index is 0.678. The van der Waals surface area contributed by atoms with Crippen molar-refractivity contribution in [2.45, 2.75) is 45.8 Å². The largest absolute Gasteiger partial charge is 0.313 e. The van der Waals surface area contributed by atoms with Gasteiger partial charge in [0.25, 0.3) is 0 Å². The van der Waals surface area contributed by atoms with Gasteiger partial charge in [0.2, 0.25) is 0 Å². The maximum absolute atomic E-state index is 3.55. The molecule has 1 saturated heterocycles. The Morgan fingerprint density at radius 1 is 1.15 bits per heavy atom. The van der Waals surface area contributed by atoms with Crippen molar-refractivity contribution in [2.24, 2.45) is 0 Å². The quantitative estimate of drug-likeness (QED) is 0.763. The van der Waals surface area contributed by atoms with Crippen molar-refractivity contribution in [3.63, 3.8) is 0 Å². The van der Waals surface area contributed by atoms with Gasteiger partial charge in [-0.3, -0.25) is 4.90 Å². The van der Waals surface area contributed by atoms with Gasteiger partial charge in [-0.05, 0) is 43.6 Å². The molecule has 0 saturated carbocycles. The van der Waals surface area contributed by atoms with Crippen molar-refractivity contribution in [2.75, 3.05) is 26.2 Å². The van der Waals surface area contributed by atoms with Crippen molar-refractivity contribution < 1.29 is 0 Å². The van der Waals surface area contributed by atoms with Crippen molar-refractivity contribution in [1.82, 2.24) is 15.5 Å². The highest BCUT2D eigenvalue weighted by atomic mass is 15.1. The molecule has 1 aromatic carbocycles. The molecule has 1 aliphatic rings. The predicted molar refractivity (Wildman–Crippen MR) is 85.8 cm³/mol. The lowest BCUT2D eigenvalue weighted by Gasteiger charge is -2.18. The van der Waals surface area contributed by atoms with Gasteiger partial charge in [0.15, 0.2) is 0 Å². The van der Waals surface area contributed by atoms with Gasteiger partial charge in [-0.25, -0.2) is 0 Å². The summed E-state index contributed by atoms with van der Waals surface area (Å²) in [6.07, 6.45) is 2.64. The van der Waals surface area contributed by atoms with Crippen LogP contribution in [0.3, 0.4) is 0 Å². The Balaban J connectivity index is 1.73. The van der Waals surface area contributed by atoms with E-state index in [9.17, 15) is 0 Å². The van der Waals surface area contributed by atoms with E-state index in [1.807, 2.05) is 0 Å². The Morgan fingerprint density at radius 2 is 1.85 bits per heavy atom. The molecule has 0 aliphatic carbocycles. The number of hydrogen-bond donors (Lipinski definition) is 2. The summed E-state index contributed by atoms with van der Waals surface area (Å²) >= 11 is 0. The highest BCUT2D eigenvalue weighted by molar-refractivity contribution is 5.22. The molecule has 1 aliphatic heterocycles. The number of benzene rings is 1. The fourth-order valence-corrected chi connectivity index (χ4v) is 2.79. The molecule has 0 amide bonds. The van der Waals surface area contributed by atoms with Gasteiger partial charge < -0.3 is 10.6 Å². The molecule has 20 heavy (non-hydrogen) atoms. The highest BCUT2D eigenvalue weighted by Crippen LogP contribution is 2.08. The third-order valence-corrected chi connectivity index (χ3v) is 4.21. The second kappa shape index (κ2) is 8.40. The lowest BCUT2D eigenvalue weighted by atomic mass is 10.1. The fraction of sp³-hybridized carbons (Fsp3) is 0.647. The molecule has 1 fully saturated rings. The Kier molecular flexibility index (Phi) is 6.51. The first-order valence-electron chi connectivity index (χ1n) is 8.06. The summed E-state index contributed by atoms with van der Waals surface area (Å²) in [4.78, 5) is 2.44. The molecule has 1 heterocycles.